The number of para-hydroxylation sites is 1. The van der Waals surface area contributed by atoms with Gasteiger partial charge in [-0.15, -0.1) is 0 Å². The fourth-order valence-corrected chi connectivity index (χ4v) is 2.88. The molecule has 0 atom stereocenters. The Bertz CT molecular complexity index is 1190. The maximum Gasteiger partial charge on any atom is 0.394 e. The first kappa shape index (κ1) is 24.1. The third-order valence-electron chi connectivity index (χ3n) is 4.44. The summed E-state index contributed by atoms with van der Waals surface area (Å²) in [5.74, 6) is 0.249. The molecular weight excluding hydrogens is 424 g/mol. The molecule has 0 aliphatic heterocycles. The smallest absolute Gasteiger partial charge is 0.394 e. The van der Waals surface area contributed by atoms with Crippen LogP contribution in [0, 0.1) is 13.8 Å². The van der Waals surface area contributed by atoms with E-state index in [1.165, 1.54) is 11.8 Å². The minimum atomic E-state index is -4.67. The average Bonchev–Trinajstić information content (AvgIpc) is 2.70. The Hall–Kier alpha value is -3.21. The number of nitrogens with zero attached hydrogens (tertiary/aromatic N) is 1. The van der Waals surface area contributed by atoms with Crippen LogP contribution in [-0.2, 0) is 15.1 Å². The summed E-state index contributed by atoms with van der Waals surface area (Å²) < 4.78 is 42.2. The van der Waals surface area contributed by atoms with Crippen molar-refractivity contribution in [2.24, 2.45) is 0 Å². The molecule has 0 bridgehead atoms. The van der Waals surface area contributed by atoms with Crippen LogP contribution in [-0.4, -0.2) is 42.2 Å². The molecule has 3 rings (SSSR count). The quantitative estimate of drug-likeness (QED) is 0.389. The lowest BCUT2D eigenvalue weighted by Crippen LogP contribution is -2.10. The second kappa shape index (κ2) is 10.2. The van der Waals surface area contributed by atoms with Crippen LogP contribution in [0.2, 0.25) is 0 Å². The fourth-order valence-electron chi connectivity index (χ4n) is 2.88. The maximum absolute atomic E-state index is 12.5. The van der Waals surface area contributed by atoms with Crippen molar-refractivity contribution in [1.29, 1.82) is 0 Å². The van der Waals surface area contributed by atoms with Crippen molar-refractivity contribution >= 4 is 38.6 Å². The lowest BCUT2D eigenvalue weighted by atomic mass is 10.1. The lowest BCUT2D eigenvalue weighted by molar-refractivity contribution is 0.0527. The van der Waals surface area contributed by atoms with Crippen molar-refractivity contribution in [3.63, 3.8) is 0 Å². The molecule has 1 aromatic heterocycles. The van der Waals surface area contributed by atoms with Gasteiger partial charge in [0, 0.05) is 17.3 Å². The maximum atomic E-state index is 12.5. The number of ether oxygens (including phenoxy) is 2. The zero-order valence-corrected chi connectivity index (χ0v) is 18.4. The van der Waals surface area contributed by atoms with Crippen LogP contribution in [0.1, 0.15) is 28.4 Å². The van der Waals surface area contributed by atoms with Crippen LogP contribution < -0.4 is 10.1 Å². The Balaban J connectivity index is 0.000000614. The highest BCUT2D eigenvalue weighted by Gasteiger charge is 2.19. The Morgan fingerprint density at radius 3 is 2.39 bits per heavy atom. The SMILES string of the molecule is CCOC(=O)c1cnc2c(OC)cccc2c1Nc1cccc(C)c1C.O=S(=O)(O)O. The predicted molar refractivity (Wildman–Crippen MR) is 118 cm³/mol. The summed E-state index contributed by atoms with van der Waals surface area (Å²) in [5, 5.41) is 4.22. The highest BCUT2D eigenvalue weighted by Crippen LogP contribution is 2.34. The van der Waals surface area contributed by atoms with E-state index in [2.05, 4.69) is 23.3 Å². The normalized spacial score (nSPS) is 10.8. The number of methoxy groups -OCH3 is 1. The standard InChI is InChI=1S/C21H22N2O3.H2O4S/c1-5-26-21(24)16-12-22-20-15(9-7-11-18(20)25-4)19(16)23-17-10-6-8-13(2)14(17)3;1-5(2,3)4/h6-12H,5H2,1-4H3,(H,22,23);(H2,1,2,3,4). The zero-order valence-electron chi connectivity index (χ0n) is 17.5. The van der Waals surface area contributed by atoms with Gasteiger partial charge in [0.2, 0.25) is 0 Å². The van der Waals surface area contributed by atoms with Gasteiger partial charge in [0.25, 0.3) is 0 Å². The first-order valence-electron chi connectivity index (χ1n) is 9.22. The number of carbonyl (C=O) groups is 1. The van der Waals surface area contributed by atoms with E-state index in [1.807, 2.05) is 37.3 Å². The number of esters is 1. The third kappa shape index (κ3) is 6.38. The monoisotopic (exact) mass is 448 g/mol. The van der Waals surface area contributed by atoms with E-state index in [9.17, 15) is 4.79 Å². The zero-order chi connectivity index (χ0) is 23.2. The molecule has 0 fully saturated rings. The Kier molecular flexibility index (Phi) is 7.92. The van der Waals surface area contributed by atoms with Gasteiger partial charge in [-0.05, 0) is 44.0 Å². The number of rotatable bonds is 5. The van der Waals surface area contributed by atoms with Crippen molar-refractivity contribution in [2.45, 2.75) is 20.8 Å². The molecule has 3 N–H and O–H groups in total. The molecule has 0 spiro atoms. The highest BCUT2D eigenvalue weighted by molar-refractivity contribution is 7.79. The van der Waals surface area contributed by atoms with Crippen LogP contribution in [0.3, 0.4) is 0 Å². The average molecular weight is 448 g/mol. The Morgan fingerprint density at radius 2 is 1.77 bits per heavy atom. The van der Waals surface area contributed by atoms with Crippen LogP contribution in [0.25, 0.3) is 10.9 Å². The van der Waals surface area contributed by atoms with E-state index >= 15 is 0 Å². The first-order chi connectivity index (χ1) is 14.6. The molecule has 0 aliphatic carbocycles. The molecule has 0 saturated carbocycles. The number of aromatic nitrogens is 1. The molecular formula is C21H24N2O7S. The number of benzene rings is 2. The van der Waals surface area contributed by atoms with Gasteiger partial charge in [-0.2, -0.15) is 8.42 Å². The number of hydrogen-bond donors (Lipinski definition) is 3. The number of fused-ring (bicyclic) bond motifs is 1. The summed E-state index contributed by atoms with van der Waals surface area (Å²) in [4.78, 5) is 16.9. The van der Waals surface area contributed by atoms with Gasteiger partial charge in [0.15, 0.2) is 0 Å². The number of anilines is 2. The minimum absolute atomic E-state index is 0.303. The van der Waals surface area contributed by atoms with E-state index in [4.69, 9.17) is 27.0 Å². The van der Waals surface area contributed by atoms with Gasteiger partial charge in [-0.25, -0.2) is 4.79 Å². The molecule has 9 nitrogen and oxygen atoms in total. The summed E-state index contributed by atoms with van der Waals surface area (Å²) in [5.41, 5.74) is 4.98. The van der Waals surface area contributed by atoms with E-state index in [0.717, 1.165) is 16.6 Å². The summed E-state index contributed by atoms with van der Waals surface area (Å²) in [7, 11) is -3.06. The molecule has 1 heterocycles. The third-order valence-corrected chi connectivity index (χ3v) is 4.44. The fraction of sp³-hybridized carbons (Fsp3) is 0.238. The van der Waals surface area contributed by atoms with E-state index in [0.29, 0.717) is 29.1 Å². The van der Waals surface area contributed by atoms with E-state index in [1.54, 1.807) is 14.0 Å². The van der Waals surface area contributed by atoms with E-state index < -0.39 is 16.4 Å². The number of hydrogen-bond acceptors (Lipinski definition) is 7. The van der Waals surface area contributed by atoms with Crippen molar-refractivity contribution in [3.05, 3.63) is 59.3 Å². The second-order valence-electron chi connectivity index (χ2n) is 6.44. The summed E-state index contributed by atoms with van der Waals surface area (Å²) in [6.45, 7) is 6.19. The molecule has 3 aromatic rings. The molecule has 0 saturated heterocycles. The summed E-state index contributed by atoms with van der Waals surface area (Å²) >= 11 is 0. The Labute approximate surface area is 180 Å². The van der Waals surface area contributed by atoms with Gasteiger partial charge in [0.05, 0.1) is 19.4 Å². The van der Waals surface area contributed by atoms with Crippen molar-refractivity contribution in [1.82, 2.24) is 4.98 Å². The van der Waals surface area contributed by atoms with Crippen molar-refractivity contribution < 1.29 is 31.8 Å². The van der Waals surface area contributed by atoms with Crippen LogP contribution in [0.4, 0.5) is 11.4 Å². The number of carbonyl (C=O) groups excluding carboxylic acids is 1. The molecule has 0 radical (unpaired) electrons. The van der Waals surface area contributed by atoms with Gasteiger partial charge in [-0.3, -0.25) is 14.1 Å². The van der Waals surface area contributed by atoms with Crippen LogP contribution in [0.5, 0.6) is 5.75 Å². The van der Waals surface area contributed by atoms with Gasteiger partial charge < -0.3 is 14.8 Å². The Morgan fingerprint density at radius 1 is 1.13 bits per heavy atom. The molecule has 0 amide bonds. The van der Waals surface area contributed by atoms with Gasteiger partial charge in [0.1, 0.15) is 16.8 Å². The van der Waals surface area contributed by atoms with Crippen LogP contribution in [0.15, 0.2) is 42.6 Å². The lowest BCUT2D eigenvalue weighted by Gasteiger charge is -2.17. The molecule has 0 unspecified atom stereocenters. The number of aryl methyl sites for hydroxylation is 1. The minimum Gasteiger partial charge on any atom is -0.494 e. The van der Waals surface area contributed by atoms with Crippen molar-refractivity contribution in [2.75, 3.05) is 19.0 Å². The van der Waals surface area contributed by atoms with Gasteiger partial charge in [-0.1, -0.05) is 24.3 Å². The summed E-state index contributed by atoms with van der Waals surface area (Å²) in [6.07, 6.45) is 1.54. The first-order valence-corrected chi connectivity index (χ1v) is 10.6. The van der Waals surface area contributed by atoms with Crippen molar-refractivity contribution in [3.8, 4) is 5.75 Å². The van der Waals surface area contributed by atoms with Gasteiger partial charge >= 0.3 is 16.4 Å². The summed E-state index contributed by atoms with van der Waals surface area (Å²) in [6, 6.07) is 11.7. The van der Waals surface area contributed by atoms with E-state index in [-0.39, 0.29) is 0 Å². The second-order valence-corrected chi connectivity index (χ2v) is 7.34. The molecule has 0 aliphatic rings. The molecule has 2 aromatic carbocycles. The predicted octanol–water partition coefficient (Wildman–Crippen LogP) is 4.13. The molecule has 10 heteroatoms. The number of pyridine rings is 1. The topological polar surface area (TPSA) is 135 Å². The molecule has 31 heavy (non-hydrogen) atoms. The number of nitrogens with one attached hydrogen (secondary N) is 1. The largest absolute Gasteiger partial charge is 0.494 e. The molecule has 166 valence electrons. The highest BCUT2D eigenvalue weighted by atomic mass is 32.3. The van der Waals surface area contributed by atoms with Crippen LogP contribution >= 0.6 is 0 Å².